The number of rotatable bonds is 3. The molecule has 0 amide bonds. The molecule has 0 aliphatic rings. The highest BCUT2D eigenvalue weighted by Crippen LogP contribution is 2.30. The Morgan fingerprint density at radius 3 is 2.40 bits per heavy atom. The van der Waals surface area contributed by atoms with Gasteiger partial charge in [-0.2, -0.15) is 0 Å². The normalized spacial score (nSPS) is 11.3. The average molecular weight is 287 g/mol. The smallest absolute Gasteiger partial charge is 0.336 e. The summed E-state index contributed by atoms with van der Waals surface area (Å²) in [6.45, 7) is 6.41. The highest BCUT2D eigenvalue weighted by atomic mass is 32.2. The summed E-state index contributed by atoms with van der Waals surface area (Å²) in [5.74, 6) is -0.917. The lowest BCUT2D eigenvalue weighted by Crippen LogP contribution is -2.11. The average Bonchev–Trinajstić information content (AvgIpc) is 2.38. The van der Waals surface area contributed by atoms with E-state index >= 15 is 0 Å². The van der Waals surface area contributed by atoms with Gasteiger partial charge < -0.3 is 5.11 Å². The molecule has 0 unspecified atom stereocenters. The summed E-state index contributed by atoms with van der Waals surface area (Å²) in [5.41, 5.74) is 1.53. The summed E-state index contributed by atoms with van der Waals surface area (Å²) < 4.78 is 0. The summed E-state index contributed by atoms with van der Waals surface area (Å²) in [4.78, 5) is 16.3. The summed E-state index contributed by atoms with van der Waals surface area (Å²) in [7, 11) is 0. The standard InChI is InChI=1S/C16H17NO2S/c1-16(2,3)11-8-9-14(17-10-11)20-13-7-5-4-6-12(13)15(18)19/h4-10H,1-3H3,(H,18,19). The molecule has 0 bridgehead atoms. The monoisotopic (exact) mass is 287 g/mol. The van der Waals surface area contributed by atoms with Gasteiger partial charge in [0.15, 0.2) is 0 Å². The minimum absolute atomic E-state index is 0.0647. The van der Waals surface area contributed by atoms with Crippen LogP contribution in [-0.2, 0) is 5.41 Å². The van der Waals surface area contributed by atoms with Gasteiger partial charge in [0.05, 0.1) is 5.56 Å². The number of nitrogens with zero attached hydrogens (tertiary/aromatic N) is 1. The molecule has 3 nitrogen and oxygen atoms in total. The fourth-order valence-electron chi connectivity index (χ4n) is 1.73. The van der Waals surface area contributed by atoms with Crippen LogP contribution in [-0.4, -0.2) is 16.1 Å². The van der Waals surface area contributed by atoms with Gasteiger partial charge in [0.25, 0.3) is 0 Å². The molecule has 0 aliphatic heterocycles. The quantitative estimate of drug-likeness (QED) is 0.918. The number of carboxylic acids is 1. The van der Waals surface area contributed by atoms with Crippen molar-refractivity contribution in [2.75, 3.05) is 0 Å². The van der Waals surface area contributed by atoms with E-state index in [1.54, 1.807) is 18.2 Å². The van der Waals surface area contributed by atoms with Crippen LogP contribution in [0, 0.1) is 0 Å². The Morgan fingerprint density at radius 1 is 1.15 bits per heavy atom. The first kappa shape index (κ1) is 14.6. The number of aromatic nitrogens is 1. The Morgan fingerprint density at radius 2 is 1.85 bits per heavy atom. The second-order valence-corrected chi connectivity index (χ2v) is 6.60. The predicted octanol–water partition coefficient (Wildman–Crippen LogP) is 4.23. The number of carbonyl (C=O) groups is 1. The summed E-state index contributed by atoms with van der Waals surface area (Å²) >= 11 is 1.37. The van der Waals surface area contributed by atoms with Gasteiger partial charge in [0.2, 0.25) is 0 Å². The fraction of sp³-hybridized carbons (Fsp3) is 0.250. The Balaban J connectivity index is 2.25. The van der Waals surface area contributed by atoms with Crippen LogP contribution in [0.25, 0.3) is 0 Å². The van der Waals surface area contributed by atoms with E-state index < -0.39 is 5.97 Å². The van der Waals surface area contributed by atoms with Gasteiger partial charge >= 0.3 is 5.97 Å². The van der Waals surface area contributed by atoms with Gasteiger partial charge in [-0.3, -0.25) is 0 Å². The summed E-state index contributed by atoms with van der Waals surface area (Å²) in [6.07, 6.45) is 1.85. The largest absolute Gasteiger partial charge is 0.478 e. The third kappa shape index (κ3) is 3.39. The zero-order valence-electron chi connectivity index (χ0n) is 11.8. The summed E-state index contributed by atoms with van der Waals surface area (Å²) in [5, 5.41) is 9.96. The minimum atomic E-state index is -0.917. The lowest BCUT2D eigenvalue weighted by molar-refractivity contribution is 0.0693. The molecule has 1 heterocycles. The number of hydrogen-bond donors (Lipinski definition) is 1. The molecule has 0 saturated heterocycles. The maximum absolute atomic E-state index is 11.2. The van der Waals surface area contributed by atoms with Gasteiger partial charge in [-0.25, -0.2) is 9.78 Å². The minimum Gasteiger partial charge on any atom is -0.478 e. The van der Waals surface area contributed by atoms with Crippen molar-refractivity contribution < 1.29 is 9.90 Å². The van der Waals surface area contributed by atoms with Crippen LogP contribution in [0.5, 0.6) is 0 Å². The van der Waals surface area contributed by atoms with Crippen LogP contribution >= 0.6 is 11.8 Å². The molecular formula is C16H17NO2S. The second kappa shape index (κ2) is 5.67. The predicted molar refractivity (Wildman–Crippen MR) is 80.5 cm³/mol. The topological polar surface area (TPSA) is 50.2 Å². The van der Waals surface area contributed by atoms with Crippen molar-refractivity contribution in [3.05, 3.63) is 53.7 Å². The number of aromatic carboxylic acids is 1. The lowest BCUT2D eigenvalue weighted by Gasteiger charge is -2.18. The molecule has 4 heteroatoms. The first-order chi connectivity index (χ1) is 9.38. The van der Waals surface area contributed by atoms with Crippen LogP contribution in [0.15, 0.2) is 52.5 Å². The molecule has 20 heavy (non-hydrogen) atoms. The molecular weight excluding hydrogens is 270 g/mol. The first-order valence-electron chi connectivity index (χ1n) is 6.34. The molecule has 1 aromatic heterocycles. The van der Waals surface area contributed by atoms with E-state index in [1.165, 1.54) is 11.8 Å². The maximum Gasteiger partial charge on any atom is 0.336 e. The molecule has 0 saturated carbocycles. The van der Waals surface area contributed by atoms with Gasteiger partial charge in [0.1, 0.15) is 5.03 Å². The van der Waals surface area contributed by atoms with Gasteiger partial charge in [-0.1, -0.05) is 50.7 Å². The second-order valence-electron chi connectivity index (χ2n) is 5.54. The fourth-order valence-corrected chi connectivity index (χ4v) is 2.61. The van der Waals surface area contributed by atoms with Gasteiger partial charge in [-0.15, -0.1) is 0 Å². The zero-order chi connectivity index (χ0) is 14.8. The number of pyridine rings is 1. The highest BCUT2D eigenvalue weighted by molar-refractivity contribution is 7.99. The molecule has 2 aromatic rings. The number of carboxylic acid groups (broad SMARTS) is 1. The van der Waals surface area contributed by atoms with E-state index in [-0.39, 0.29) is 5.41 Å². The Hall–Kier alpha value is -1.81. The molecule has 0 atom stereocenters. The van der Waals surface area contributed by atoms with Crippen LogP contribution in [0.2, 0.25) is 0 Å². The molecule has 0 fully saturated rings. The Kier molecular flexibility index (Phi) is 4.14. The van der Waals surface area contributed by atoms with E-state index in [1.807, 2.05) is 24.4 Å². The van der Waals surface area contributed by atoms with Crippen molar-refractivity contribution in [3.8, 4) is 0 Å². The van der Waals surface area contributed by atoms with E-state index in [2.05, 4.69) is 25.8 Å². The molecule has 0 radical (unpaired) electrons. The van der Waals surface area contributed by atoms with E-state index in [0.717, 1.165) is 10.6 Å². The van der Waals surface area contributed by atoms with E-state index in [0.29, 0.717) is 10.5 Å². The Bertz CT molecular complexity index is 615. The third-order valence-corrected chi connectivity index (χ3v) is 3.96. The number of hydrogen-bond acceptors (Lipinski definition) is 3. The lowest BCUT2D eigenvalue weighted by atomic mass is 9.88. The van der Waals surface area contributed by atoms with Crippen LogP contribution < -0.4 is 0 Å². The molecule has 0 aliphatic carbocycles. The summed E-state index contributed by atoms with van der Waals surface area (Å²) in [6, 6.07) is 10.9. The van der Waals surface area contributed by atoms with Crippen molar-refractivity contribution in [1.82, 2.24) is 4.98 Å². The van der Waals surface area contributed by atoms with Crippen molar-refractivity contribution in [1.29, 1.82) is 0 Å². The third-order valence-electron chi connectivity index (χ3n) is 2.93. The molecule has 2 rings (SSSR count). The zero-order valence-corrected chi connectivity index (χ0v) is 12.6. The highest BCUT2D eigenvalue weighted by Gasteiger charge is 2.15. The first-order valence-corrected chi connectivity index (χ1v) is 7.16. The van der Waals surface area contributed by atoms with E-state index in [4.69, 9.17) is 5.11 Å². The van der Waals surface area contributed by atoms with Crippen LogP contribution in [0.4, 0.5) is 0 Å². The molecule has 0 spiro atoms. The SMILES string of the molecule is CC(C)(C)c1ccc(Sc2ccccc2C(=O)O)nc1. The van der Waals surface area contributed by atoms with Crippen LogP contribution in [0.3, 0.4) is 0 Å². The maximum atomic E-state index is 11.2. The van der Waals surface area contributed by atoms with Crippen molar-refractivity contribution >= 4 is 17.7 Å². The number of benzene rings is 1. The van der Waals surface area contributed by atoms with E-state index in [9.17, 15) is 4.79 Å². The van der Waals surface area contributed by atoms with Gasteiger partial charge in [0, 0.05) is 11.1 Å². The van der Waals surface area contributed by atoms with Crippen LogP contribution in [0.1, 0.15) is 36.7 Å². The molecule has 1 aromatic carbocycles. The molecule has 104 valence electrons. The van der Waals surface area contributed by atoms with Crippen molar-refractivity contribution in [2.45, 2.75) is 36.1 Å². The van der Waals surface area contributed by atoms with Crippen molar-refractivity contribution in [2.24, 2.45) is 0 Å². The van der Waals surface area contributed by atoms with Gasteiger partial charge in [-0.05, 0) is 29.2 Å². The molecule has 1 N–H and O–H groups in total. The Labute approximate surface area is 123 Å². The van der Waals surface area contributed by atoms with Crippen molar-refractivity contribution in [3.63, 3.8) is 0 Å².